The average Bonchev–Trinajstić information content (AvgIpc) is 2.01. The van der Waals surface area contributed by atoms with E-state index < -0.39 is 5.97 Å². The van der Waals surface area contributed by atoms with Gasteiger partial charge in [0.2, 0.25) is 0 Å². The highest BCUT2D eigenvalue weighted by Gasteiger charge is 2.23. The van der Waals surface area contributed by atoms with Gasteiger partial charge in [0.15, 0.2) is 0 Å². The first-order chi connectivity index (χ1) is 6.49. The molecule has 0 aromatic rings. The zero-order valence-corrected chi connectivity index (χ0v) is 8.69. The molecule has 4 heteroatoms. The number of morpholine rings is 1. The molecule has 14 heavy (non-hydrogen) atoms. The zero-order valence-electron chi connectivity index (χ0n) is 8.69. The predicted octanol–water partition coefficient (Wildman–Crippen LogP) is 0.736. The molecule has 1 saturated heterocycles. The number of aliphatic carboxylic acids is 1. The normalized spacial score (nSPS) is 28.7. The lowest BCUT2D eigenvalue weighted by atomic mass is 10.2. The maximum atomic E-state index is 10.6. The highest BCUT2D eigenvalue weighted by atomic mass is 16.5. The van der Waals surface area contributed by atoms with Crippen molar-refractivity contribution in [3.63, 3.8) is 0 Å². The van der Waals surface area contributed by atoms with E-state index in [2.05, 4.69) is 11.5 Å². The largest absolute Gasteiger partial charge is 0.478 e. The maximum absolute atomic E-state index is 10.6. The number of hydrogen-bond acceptors (Lipinski definition) is 3. The minimum atomic E-state index is -0.920. The summed E-state index contributed by atoms with van der Waals surface area (Å²) in [6, 6.07) is 0. The molecule has 0 aromatic heterocycles. The van der Waals surface area contributed by atoms with Gasteiger partial charge >= 0.3 is 5.97 Å². The van der Waals surface area contributed by atoms with Crippen molar-refractivity contribution in [2.24, 2.45) is 0 Å². The molecule has 0 radical (unpaired) electrons. The lowest BCUT2D eigenvalue weighted by Crippen LogP contribution is -2.46. The molecule has 0 spiro atoms. The SMILES string of the molecule is C=C(CN1C[C@@H](C)O[C@@H](C)C1)C(=O)O. The number of carboxylic acids is 1. The summed E-state index contributed by atoms with van der Waals surface area (Å²) < 4.78 is 5.54. The van der Waals surface area contributed by atoms with Gasteiger partial charge in [-0.1, -0.05) is 6.58 Å². The van der Waals surface area contributed by atoms with Crippen LogP contribution in [0.4, 0.5) is 0 Å². The molecule has 1 rings (SSSR count). The van der Waals surface area contributed by atoms with Crippen LogP contribution in [0.5, 0.6) is 0 Å². The molecule has 1 aliphatic rings. The van der Waals surface area contributed by atoms with E-state index in [0.717, 1.165) is 13.1 Å². The fourth-order valence-corrected chi connectivity index (χ4v) is 1.75. The number of ether oxygens (including phenoxy) is 1. The summed E-state index contributed by atoms with van der Waals surface area (Å²) in [5.41, 5.74) is 0.242. The van der Waals surface area contributed by atoms with Gasteiger partial charge in [0.05, 0.1) is 12.2 Å². The van der Waals surface area contributed by atoms with Gasteiger partial charge in [0.25, 0.3) is 0 Å². The minimum Gasteiger partial charge on any atom is -0.478 e. The molecule has 1 fully saturated rings. The Labute approximate surface area is 84.2 Å². The lowest BCUT2D eigenvalue weighted by molar-refractivity contribution is -0.133. The molecule has 0 amide bonds. The summed E-state index contributed by atoms with van der Waals surface area (Å²) in [5.74, 6) is -0.920. The summed E-state index contributed by atoms with van der Waals surface area (Å²) >= 11 is 0. The van der Waals surface area contributed by atoms with Crippen LogP contribution < -0.4 is 0 Å². The van der Waals surface area contributed by atoms with Crippen LogP contribution in [0, 0.1) is 0 Å². The van der Waals surface area contributed by atoms with E-state index in [9.17, 15) is 4.79 Å². The Balaban J connectivity index is 2.44. The van der Waals surface area contributed by atoms with Crippen molar-refractivity contribution >= 4 is 5.97 Å². The average molecular weight is 199 g/mol. The van der Waals surface area contributed by atoms with Gasteiger partial charge in [-0.2, -0.15) is 0 Å². The van der Waals surface area contributed by atoms with Gasteiger partial charge in [0.1, 0.15) is 0 Å². The third-order valence-electron chi connectivity index (χ3n) is 2.21. The van der Waals surface area contributed by atoms with E-state index in [1.807, 2.05) is 13.8 Å². The van der Waals surface area contributed by atoms with Crippen molar-refractivity contribution < 1.29 is 14.6 Å². The fourth-order valence-electron chi connectivity index (χ4n) is 1.75. The number of hydrogen-bond donors (Lipinski definition) is 1. The summed E-state index contributed by atoms with van der Waals surface area (Å²) in [6.45, 7) is 9.47. The Morgan fingerprint density at radius 2 is 2.00 bits per heavy atom. The second-order valence-electron chi connectivity index (χ2n) is 3.86. The van der Waals surface area contributed by atoms with Crippen molar-refractivity contribution in [2.75, 3.05) is 19.6 Å². The van der Waals surface area contributed by atoms with Gasteiger partial charge in [-0.15, -0.1) is 0 Å². The third-order valence-corrected chi connectivity index (χ3v) is 2.21. The number of nitrogens with zero attached hydrogens (tertiary/aromatic N) is 1. The van der Waals surface area contributed by atoms with Gasteiger partial charge in [0, 0.05) is 25.2 Å². The van der Waals surface area contributed by atoms with Crippen molar-refractivity contribution in [1.82, 2.24) is 4.90 Å². The molecule has 1 aliphatic heterocycles. The first kappa shape index (κ1) is 11.2. The van der Waals surface area contributed by atoms with Crippen LogP contribution in [0.25, 0.3) is 0 Å². The smallest absolute Gasteiger partial charge is 0.332 e. The predicted molar refractivity (Wildman–Crippen MR) is 53.2 cm³/mol. The van der Waals surface area contributed by atoms with Gasteiger partial charge < -0.3 is 9.84 Å². The molecule has 4 nitrogen and oxygen atoms in total. The second kappa shape index (κ2) is 4.57. The molecule has 1 N–H and O–H groups in total. The Kier molecular flexibility index (Phi) is 3.66. The van der Waals surface area contributed by atoms with Gasteiger partial charge in [-0.05, 0) is 13.8 Å². The molecule has 2 atom stereocenters. The van der Waals surface area contributed by atoms with E-state index in [1.54, 1.807) is 0 Å². The Bertz CT molecular complexity index is 230. The van der Waals surface area contributed by atoms with Gasteiger partial charge in [-0.3, -0.25) is 4.90 Å². The highest BCUT2D eigenvalue weighted by Crippen LogP contribution is 2.11. The molecule has 0 aliphatic carbocycles. The Hall–Kier alpha value is -0.870. The van der Waals surface area contributed by atoms with Crippen LogP contribution in [-0.2, 0) is 9.53 Å². The Morgan fingerprint density at radius 1 is 1.50 bits per heavy atom. The molecular formula is C10H17NO3. The fraction of sp³-hybridized carbons (Fsp3) is 0.700. The molecule has 0 unspecified atom stereocenters. The first-order valence-electron chi connectivity index (χ1n) is 4.78. The quantitative estimate of drug-likeness (QED) is 0.681. The highest BCUT2D eigenvalue weighted by molar-refractivity contribution is 5.86. The van der Waals surface area contributed by atoms with E-state index in [4.69, 9.17) is 9.84 Å². The summed E-state index contributed by atoms with van der Waals surface area (Å²) in [5, 5.41) is 8.69. The topological polar surface area (TPSA) is 49.8 Å². The van der Waals surface area contributed by atoms with E-state index >= 15 is 0 Å². The van der Waals surface area contributed by atoms with Crippen molar-refractivity contribution in [3.8, 4) is 0 Å². The monoisotopic (exact) mass is 199 g/mol. The van der Waals surface area contributed by atoms with Crippen LogP contribution in [-0.4, -0.2) is 47.8 Å². The van der Waals surface area contributed by atoms with Crippen LogP contribution in [0.1, 0.15) is 13.8 Å². The summed E-state index contributed by atoms with van der Waals surface area (Å²) in [7, 11) is 0. The van der Waals surface area contributed by atoms with Crippen LogP contribution >= 0.6 is 0 Å². The molecule has 0 saturated carbocycles. The summed E-state index contributed by atoms with van der Waals surface area (Å²) in [4.78, 5) is 12.6. The van der Waals surface area contributed by atoms with Crippen LogP contribution in [0.15, 0.2) is 12.2 Å². The molecular weight excluding hydrogens is 182 g/mol. The second-order valence-corrected chi connectivity index (χ2v) is 3.86. The number of carbonyl (C=O) groups is 1. The van der Waals surface area contributed by atoms with Crippen molar-refractivity contribution in [3.05, 3.63) is 12.2 Å². The van der Waals surface area contributed by atoms with E-state index in [-0.39, 0.29) is 17.8 Å². The third kappa shape index (κ3) is 3.12. The lowest BCUT2D eigenvalue weighted by Gasteiger charge is -2.35. The maximum Gasteiger partial charge on any atom is 0.332 e. The summed E-state index contributed by atoms with van der Waals surface area (Å²) in [6.07, 6.45) is 0.334. The first-order valence-corrected chi connectivity index (χ1v) is 4.78. The van der Waals surface area contributed by atoms with E-state index in [0.29, 0.717) is 6.54 Å². The van der Waals surface area contributed by atoms with Crippen LogP contribution in [0.3, 0.4) is 0 Å². The molecule has 0 bridgehead atoms. The zero-order chi connectivity index (χ0) is 10.7. The van der Waals surface area contributed by atoms with Crippen LogP contribution in [0.2, 0.25) is 0 Å². The standard InChI is InChI=1S/C10H17NO3/c1-7(10(12)13)4-11-5-8(2)14-9(3)6-11/h8-9H,1,4-6H2,2-3H3,(H,12,13)/t8-,9+. The molecule has 1 heterocycles. The number of carboxylic acid groups (broad SMARTS) is 1. The Morgan fingerprint density at radius 3 is 2.43 bits per heavy atom. The van der Waals surface area contributed by atoms with Crippen molar-refractivity contribution in [1.29, 1.82) is 0 Å². The van der Waals surface area contributed by atoms with E-state index in [1.165, 1.54) is 0 Å². The molecule has 80 valence electrons. The molecule has 0 aromatic carbocycles. The van der Waals surface area contributed by atoms with Crippen molar-refractivity contribution in [2.45, 2.75) is 26.1 Å². The van der Waals surface area contributed by atoms with Gasteiger partial charge in [-0.25, -0.2) is 4.79 Å². The minimum absolute atomic E-state index is 0.167. The number of rotatable bonds is 3.